The van der Waals surface area contributed by atoms with Gasteiger partial charge in [-0.3, -0.25) is 0 Å². The zero-order valence-corrected chi connectivity index (χ0v) is 9.51. The molecular formula is C11H24N2. The molecule has 1 aliphatic heterocycles. The molecule has 2 unspecified atom stereocenters. The summed E-state index contributed by atoms with van der Waals surface area (Å²) in [7, 11) is 0. The lowest BCUT2D eigenvalue weighted by molar-refractivity contribution is 0.120. The first-order chi connectivity index (χ1) is 5.87. The van der Waals surface area contributed by atoms with Gasteiger partial charge >= 0.3 is 0 Å². The van der Waals surface area contributed by atoms with Gasteiger partial charge in [-0.2, -0.15) is 0 Å². The van der Waals surface area contributed by atoms with Crippen molar-refractivity contribution in [3.05, 3.63) is 0 Å². The number of hydrogen-bond donors (Lipinski definition) is 1. The maximum atomic E-state index is 6.02. The Morgan fingerprint density at radius 3 is 2.08 bits per heavy atom. The molecule has 0 bridgehead atoms. The predicted octanol–water partition coefficient (Wildman–Crippen LogP) is 1.70. The van der Waals surface area contributed by atoms with Crippen molar-refractivity contribution in [3.8, 4) is 0 Å². The topological polar surface area (TPSA) is 29.3 Å². The van der Waals surface area contributed by atoms with E-state index in [9.17, 15) is 0 Å². The van der Waals surface area contributed by atoms with Gasteiger partial charge in [0.1, 0.15) is 0 Å². The van der Waals surface area contributed by atoms with E-state index in [0.717, 1.165) is 18.4 Å². The Balaban J connectivity index is 2.42. The van der Waals surface area contributed by atoms with Gasteiger partial charge in [-0.1, -0.05) is 13.8 Å². The van der Waals surface area contributed by atoms with Crippen molar-refractivity contribution >= 4 is 0 Å². The molecule has 1 saturated heterocycles. The summed E-state index contributed by atoms with van der Waals surface area (Å²) in [6, 6.07) is 0. The summed E-state index contributed by atoms with van der Waals surface area (Å²) in [5.41, 5.74) is 5.97. The Hall–Kier alpha value is -0.0800. The molecule has 2 N–H and O–H groups in total. The molecule has 1 rings (SSSR count). The van der Waals surface area contributed by atoms with Gasteiger partial charge in [-0.25, -0.2) is 0 Å². The first-order valence-electron chi connectivity index (χ1n) is 5.38. The van der Waals surface area contributed by atoms with E-state index in [2.05, 4.69) is 32.6 Å². The molecule has 2 heteroatoms. The summed E-state index contributed by atoms with van der Waals surface area (Å²) < 4.78 is 0. The molecule has 0 aromatic carbocycles. The molecule has 0 saturated carbocycles. The molecule has 0 radical (unpaired) electrons. The second-order valence-corrected chi connectivity index (χ2v) is 5.63. The van der Waals surface area contributed by atoms with Crippen LogP contribution >= 0.6 is 0 Å². The van der Waals surface area contributed by atoms with Crippen molar-refractivity contribution in [3.63, 3.8) is 0 Å². The van der Waals surface area contributed by atoms with Crippen molar-refractivity contribution in [1.29, 1.82) is 0 Å². The van der Waals surface area contributed by atoms with Crippen LogP contribution in [-0.4, -0.2) is 30.1 Å². The summed E-state index contributed by atoms with van der Waals surface area (Å²) in [6.45, 7) is 12.4. The Morgan fingerprint density at radius 2 is 1.69 bits per heavy atom. The number of hydrogen-bond acceptors (Lipinski definition) is 2. The van der Waals surface area contributed by atoms with E-state index in [1.807, 2.05) is 0 Å². The Labute approximate surface area is 82.5 Å². The van der Waals surface area contributed by atoms with Crippen molar-refractivity contribution in [1.82, 2.24) is 4.90 Å². The highest BCUT2D eigenvalue weighted by atomic mass is 15.2. The third-order valence-corrected chi connectivity index (χ3v) is 2.58. The first-order valence-corrected chi connectivity index (χ1v) is 5.38. The van der Waals surface area contributed by atoms with E-state index < -0.39 is 0 Å². The lowest BCUT2D eigenvalue weighted by Crippen LogP contribution is -2.49. The monoisotopic (exact) mass is 184 g/mol. The van der Waals surface area contributed by atoms with Crippen LogP contribution in [0, 0.1) is 11.8 Å². The fourth-order valence-corrected chi connectivity index (χ4v) is 2.50. The predicted molar refractivity (Wildman–Crippen MR) is 57.7 cm³/mol. The molecule has 13 heavy (non-hydrogen) atoms. The molecule has 0 spiro atoms. The molecule has 0 aliphatic carbocycles. The van der Waals surface area contributed by atoms with Gasteiger partial charge in [0.2, 0.25) is 0 Å². The third-order valence-electron chi connectivity index (χ3n) is 2.58. The molecule has 0 amide bonds. The lowest BCUT2D eigenvalue weighted by Gasteiger charge is -2.38. The van der Waals surface area contributed by atoms with Gasteiger partial charge in [-0.05, 0) is 32.1 Å². The van der Waals surface area contributed by atoms with E-state index >= 15 is 0 Å². The van der Waals surface area contributed by atoms with E-state index in [1.165, 1.54) is 19.5 Å². The zero-order valence-electron chi connectivity index (χ0n) is 9.51. The molecule has 0 aromatic heterocycles. The van der Waals surface area contributed by atoms with Crippen molar-refractivity contribution in [2.75, 3.05) is 19.6 Å². The second kappa shape index (κ2) is 3.97. The Kier molecular flexibility index (Phi) is 3.36. The average molecular weight is 184 g/mol. The van der Waals surface area contributed by atoms with Crippen LogP contribution in [0.1, 0.15) is 34.1 Å². The molecule has 1 fully saturated rings. The van der Waals surface area contributed by atoms with Gasteiger partial charge in [0.05, 0.1) is 0 Å². The van der Waals surface area contributed by atoms with Gasteiger partial charge in [0.25, 0.3) is 0 Å². The summed E-state index contributed by atoms with van der Waals surface area (Å²) >= 11 is 0. The van der Waals surface area contributed by atoms with Crippen molar-refractivity contribution in [2.45, 2.75) is 39.7 Å². The summed E-state index contributed by atoms with van der Waals surface area (Å²) in [4.78, 5) is 2.51. The molecule has 78 valence electrons. The molecule has 2 nitrogen and oxygen atoms in total. The van der Waals surface area contributed by atoms with Crippen molar-refractivity contribution < 1.29 is 0 Å². The standard InChI is InChI=1S/C11H24N2/c1-9-5-10(2)7-13(6-9)8-11(3,4)12/h9-10H,5-8,12H2,1-4H3. The fourth-order valence-electron chi connectivity index (χ4n) is 2.50. The minimum Gasteiger partial charge on any atom is -0.324 e. The van der Waals surface area contributed by atoms with Crippen LogP contribution in [0.4, 0.5) is 0 Å². The summed E-state index contributed by atoms with van der Waals surface area (Å²) in [5, 5.41) is 0. The SMILES string of the molecule is CC1CC(C)CN(CC(C)(C)N)C1. The smallest absolute Gasteiger partial charge is 0.0226 e. The van der Waals surface area contributed by atoms with Crippen LogP contribution in [0.5, 0.6) is 0 Å². The molecule has 0 aromatic rings. The maximum absolute atomic E-state index is 6.02. The largest absolute Gasteiger partial charge is 0.324 e. The van der Waals surface area contributed by atoms with Gasteiger partial charge in [-0.15, -0.1) is 0 Å². The lowest BCUT2D eigenvalue weighted by atomic mass is 9.91. The minimum atomic E-state index is -0.0449. The van der Waals surface area contributed by atoms with Crippen LogP contribution in [0.15, 0.2) is 0 Å². The molecule has 2 atom stereocenters. The molecule has 1 aliphatic rings. The van der Waals surface area contributed by atoms with Gasteiger partial charge in [0, 0.05) is 25.2 Å². The quantitative estimate of drug-likeness (QED) is 0.708. The molecule has 1 heterocycles. The van der Waals surface area contributed by atoms with E-state index in [0.29, 0.717) is 0 Å². The number of rotatable bonds is 2. The first kappa shape index (κ1) is 11.0. The summed E-state index contributed by atoms with van der Waals surface area (Å²) in [5.74, 6) is 1.68. The van der Waals surface area contributed by atoms with Crippen LogP contribution in [0.3, 0.4) is 0 Å². The van der Waals surface area contributed by atoms with Crippen LogP contribution in [0.2, 0.25) is 0 Å². The van der Waals surface area contributed by atoms with E-state index in [1.54, 1.807) is 0 Å². The minimum absolute atomic E-state index is 0.0449. The Morgan fingerprint density at radius 1 is 1.23 bits per heavy atom. The Bertz CT molecular complexity index is 150. The third kappa shape index (κ3) is 4.10. The maximum Gasteiger partial charge on any atom is 0.0226 e. The number of piperidine rings is 1. The van der Waals surface area contributed by atoms with E-state index in [4.69, 9.17) is 5.73 Å². The highest BCUT2D eigenvalue weighted by molar-refractivity contribution is 4.82. The normalized spacial score (nSPS) is 32.1. The fraction of sp³-hybridized carbons (Fsp3) is 1.00. The van der Waals surface area contributed by atoms with Crippen LogP contribution in [0.25, 0.3) is 0 Å². The van der Waals surface area contributed by atoms with Gasteiger partial charge in [0.15, 0.2) is 0 Å². The van der Waals surface area contributed by atoms with Gasteiger partial charge < -0.3 is 10.6 Å². The highest BCUT2D eigenvalue weighted by Gasteiger charge is 2.25. The molecular weight excluding hydrogens is 160 g/mol. The number of nitrogens with zero attached hydrogens (tertiary/aromatic N) is 1. The highest BCUT2D eigenvalue weighted by Crippen LogP contribution is 2.21. The second-order valence-electron chi connectivity index (χ2n) is 5.63. The number of nitrogens with two attached hydrogens (primary N) is 1. The summed E-state index contributed by atoms with van der Waals surface area (Å²) in [6.07, 6.45) is 1.38. The van der Waals surface area contributed by atoms with E-state index in [-0.39, 0.29) is 5.54 Å². The number of likely N-dealkylation sites (tertiary alicyclic amines) is 1. The zero-order chi connectivity index (χ0) is 10.1. The van der Waals surface area contributed by atoms with Crippen molar-refractivity contribution in [2.24, 2.45) is 17.6 Å². The van der Waals surface area contributed by atoms with Crippen LogP contribution < -0.4 is 5.73 Å². The van der Waals surface area contributed by atoms with Crippen LogP contribution in [-0.2, 0) is 0 Å². The average Bonchev–Trinajstić information content (AvgIpc) is 1.78.